The number of hydrogen-bond acceptors (Lipinski definition) is 2. The highest BCUT2D eigenvalue weighted by molar-refractivity contribution is 14.1. The summed E-state index contributed by atoms with van der Waals surface area (Å²) in [7, 11) is 0. The SMILES string of the molecule is O=C1COc2cc(I)ccc2N1Cc1cc(F)ccc1Cl. The van der Waals surface area contributed by atoms with Crippen molar-refractivity contribution in [2.75, 3.05) is 11.5 Å². The van der Waals surface area contributed by atoms with Gasteiger partial charge in [-0.1, -0.05) is 11.6 Å². The van der Waals surface area contributed by atoms with Crippen molar-refractivity contribution >= 4 is 45.8 Å². The maximum Gasteiger partial charge on any atom is 0.265 e. The highest BCUT2D eigenvalue weighted by atomic mass is 127. The number of carbonyl (C=O) groups excluding carboxylic acids is 1. The Balaban J connectivity index is 1.98. The third kappa shape index (κ3) is 2.98. The number of rotatable bonds is 2. The van der Waals surface area contributed by atoms with Gasteiger partial charge in [0.2, 0.25) is 0 Å². The molecule has 1 aliphatic rings. The molecule has 2 aromatic rings. The van der Waals surface area contributed by atoms with Gasteiger partial charge in [-0.3, -0.25) is 4.79 Å². The summed E-state index contributed by atoms with van der Waals surface area (Å²) in [5.74, 6) is 0.0935. The van der Waals surface area contributed by atoms with Crippen molar-refractivity contribution in [2.45, 2.75) is 6.54 Å². The smallest absolute Gasteiger partial charge is 0.265 e. The molecule has 1 heterocycles. The molecule has 0 N–H and O–H groups in total. The quantitative estimate of drug-likeness (QED) is 0.691. The van der Waals surface area contributed by atoms with Crippen LogP contribution >= 0.6 is 34.2 Å². The van der Waals surface area contributed by atoms with Gasteiger partial charge < -0.3 is 9.64 Å². The molecule has 0 spiro atoms. The number of hydrogen-bond donors (Lipinski definition) is 0. The molecule has 3 rings (SSSR count). The van der Waals surface area contributed by atoms with Crippen LogP contribution in [0.25, 0.3) is 0 Å². The number of halogens is 3. The van der Waals surface area contributed by atoms with E-state index in [-0.39, 0.29) is 24.9 Å². The average Bonchev–Trinajstić information content (AvgIpc) is 2.45. The van der Waals surface area contributed by atoms with Crippen molar-refractivity contribution in [3.63, 3.8) is 0 Å². The van der Waals surface area contributed by atoms with Crippen molar-refractivity contribution in [1.29, 1.82) is 0 Å². The molecule has 108 valence electrons. The molecule has 0 saturated carbocycles. The lowest BCUT2D eigenvalue weighted by Crippen LogP contribution is -2.38. The predicted octanol–water partition coefficient (Wildman–Crippen LogP) is 4.01. The first-order chi connectivity index (χ1) is 10.0. The minimum atomic E-state index is -0.377. The van der Waals surface area contributed by atoms with Crippen molar-refractivity contribution in [1.82, 2.24) is 0 Å². The molecule has 1 aliphatic heterocycles. The van der Waals surface area contributed by atoms with Crippen LogP contribution < -0.4 is 9.64 Å². The minimum absolute atomic E-state index is 0.0277. The first-order valence-electron chi connectivity index (χ1n) is 6.21. The first kappa shape index (κ1) is 14.6. The van der Waals surface area contributed by atoms with Crippen LogP contribution in [0.3, 0.4) is 0 Å². The molecular weight excluding hydrogens is 408 g/mol. The van der Waals surface area contributed by atoms with Gasteiger partial charge in [-0.2, -0.15) is 0 Å². The largest absolute Gasteiger partial charge is 0.482 e. The van der Waals surface area contributed by atoms with E-state index in [1.807, 2.05) is 18.2 Å². The maximum absolute atomic E-state index is 13.4. The van der Waals surface area contributed by atoms with Gasteiger partial charge in [0, 0.05) is 8.59 Å². The van der Waals surface area contributed by atoms with E-state index in [4.69, 9.17) is 16.3 Å². The topological polar surface area (TPSA) is 29.5 Å². The van der Waals surface area contributed by atoms with Crippen molar-refractivity contribution in [3.8, 4) is 5.75 Å². The molecule has 0 fully saturated rings. The van der Waals surface area contributed by atoms with Gasteiger partial charge in [-0.15, -0.1) is 0 Å². The summed E-state index contributed by atoms with van der Waals surface area (Å²) in [4.78, 5) is 13.7. The molecule has 2 aromatic carbocycles. The number of fused-ring (bicyclic) bond motifs is 1. The lowest BCUT2D eigenvalue weighted by Gasteiger charge is -2.29. The zero-order chi connectivity index (χ0) is 15.0. The van der Waals surface area contributed by atoms with E-state index in [0.29, 0.717) is 22.0 Å². The number of nitrogens with zero attached hydrogens (tertiary/aromatic N) is 1. The van der Waals surface area contributed by atoms with Crippen LogP contribution in [0.15, 0.2) is 36.4 Å². The minimum Gasteiger partial charge on any atom is -0.482 e. The van der Waals surface area contributed by atoms with Gasteiger partial charge in [0.15, 0.2) is 6.61 Å². The normalized spacial score (nSPS) is 13.9. The summed E-state index contributed by atoms with van der Waals surface area (Å²) in [5, 5.41) is 0.433. The van der Waals surface area contributed by atoms with Gasteiger partial charge in [0.05, 0.1) is 12.2 Å². The van der Waals surface area contributed by atoms with Crippen LogP contribution in [0.4, 0.5) is 10.1 Å². The Labute approximate surface area is 139 Å². The lowest BCUT2D eigenvalue weighted by molar-refractivity contribution is -0.121. The Morgan fingerprint density at radius 2 is 2.10 bits per heavy atom. The summed E-state index contributed by atoms with van der Waals surface area (Å²) in [6, 6.07) is 9.71. The standard InChI is InChI=1S/C15H10ClFINO2/c16-12-3-1-10(17)5-9(12)7-19-13-4-2-11(18)6-14(13)21-8-15(19)20/h1-6H,7-8H2. The van der Waals surface area contributed by atoms with Crippen LogP contribution in [0.5, 0.6) is 5.75 Å². The van der Waals surface area contributed by atoms with Crippen LogP contribution in [0, 0.1) is 9.39 Å². The molecule has 0 radical (unpaired) electrons. The van der Waals surface area contributed by atoms with Crippen LogP contribution in [-0.2, 0) is 11.3 Å². The molecule has 0 aromatic heterocycles. The Morgan fingerprint density at radius 1 is 1.29 bits per heavy atom. The molecule has 21 heavy (non-hydrogen) atoms. The first-order valence-corrected chi connectivity index (χ1v) is 7.67. The van der Waals surface area contributed by atoms with E-state index in [2.05, 4.69) is 22.6 Å². The van der Waals surface area contributed by atoms with Crippen LogP contribution in [-0.4, -0.2) is 12.5 Å². The fourth-order valence-electron chi connectivity index (χ4n) is 2.19. The molecule has 0 bridgehead atoms. The molecule has 0 atom stereocenters. The van der Waals surface area contributed by atoms with E-state index in [1.54, 1.807) is 4.90 Å². The monoisotopic (exact) mass is 417 g/mol. The average molecular weight is 418 g/mol. The van der Waals surface area contributed by atoms with Crippen LogP contribution in [0.2, 0.25) is 5.02 Å². The van der Waals surface area contributed by atoms with E-state index >= 15 is 0 Å². The fraction of sp³-hybridized carbons (Fsp3) is 0.133. The van der Waals surface area contributed by atoms with Gasteiger partial charge in [0.1, 0.15) is 11.6 Å². The Bertz CT molecular complexity index is 723. The Morgan fingerprint density at radius 3 is 2.90 bits per heavy atom. The molecule has 0 unspecified atom stereocenters. The van der Waals surface area contributed by atoms with Crippen molar-refractivity contribution in [3.05, 3.63) is 56.4 Å². The number of benzene rings is 2. The van der Waals surface area contributed by atoms with E-state index < -0.39 is 0 Å². The molecule has 6 heteroatoms. The number of amides is 1. The molecular formula is C15H10ClFINO2. The van der Waals surface area contributed by atoms with Crippen molar-refractivity contribution < 1.29 is 13.9 Å². The van der Waals surface area contributed by atoms with Gasteiger partial charge in [-0.05, 0) is 64.6 Å². The number of anilines is 1. The second-order valence-corrected chi connectivity index (χ2v) is 6.27. The third-order valence-electron chi connectivity index (χ3n) is 3.20. The van der Waals surface area contributed by atoms with Crippen LogP contribution in [0.1, 0.15) is 5.56 Å². The molecule has 0 aliphatic carbocycles. The lowest BCUT2D eigenvalue weighted by atomic mass is 10.1. The fourth-order valence-corrected chi connectivity index (χ4v) is 2.83. The highest BCUT2D eigenvalue weighted by Crippen LogP contribution is 2.35. The summed E-state index contributed by atoms with van der Waals surface area (Å²) in [6.07, 6.45) is 0. The highest BCUT2D eigenvalue weighted by Gasteiger charge is 2.26. The third-order valence-corrected chi connectivity index (χ3v) is 4.24. The van der Waals surface area contributed by atoms with E-state index in [9.17, 15) is 9.18 Å². The summed E-state index contributed by atoms with van der Waals surface area (Å²) < 4.78 is 19.8. The summed E-state index contributed by atoms with van der Waals surface area (Å²) >= 11 is 8.26. The predicted molar refractivity (Wildman–Crippen MR) is 87.3 cm³/mol. The molecule has 0 saturated heterocycles. The zero-order valence-corrected chi connectivity index (χ0v) is 13.7. The molecule has 1 amide bonds. The maximum atomic E-state index is 13.4. The number of carbonyl (C=O) groups is 1. The van der Waals surface area contributed by atoms with Gasteiger partial charge in [-0.25, -0.2) is 4.39 Å². The molecule has 3 nitrogen and oxygen atoms in total. The van der Waals surface area contributed by atoms with E-state index in [0.717, 1.165) is 3.57 Å². The van der Waals surface area contributed by atoms with Gasteiger partial charge >= 0.3 is 0 Å². The zero-order valence-electron chi connectivity index (χ0n) is 10.8. The summed E-state index contributed by atoms with van der Waals surface area (Å²) in [6.45, 7) is 0.187. The summed E-state index contributed by atoms with van der Waals surface area (Å²) in [5.41, 5.74) is 1.24. The van der Waals surface area contributed by atoms with Crippen molar-refractivity contribution in [2.24, 2.45) is 0 Å². The second kappa shape index (κ2) is 5.81. The Kier molecular flexibility index (Phi) is 4.03. The van der Waals surface area contributed by atoms with Gasteiger partial charge in [0.25, 0.3) is 5.91 Å². The second-order valence-electron chi connectivity index (χ2n) is 4.62. The number of ether oxygens (including phenoxy) is 1. The van der Waals surface area contributed by atoms with E-state index in [1.165, 1.54) is 18.2 Å². The Hall–Kier alpha value is -1.34.